The lowest BCUT2D eigenvalue weighted by atomic mass is 10.2. The van der Waals surface area contributed by atoms with Crippen LogP contribution in [-0.2, 0) is 9.84 Å². The van der Waals surface area contributed by atoms with Gasteiger partial charge in [-0.3, -0.25) is 9.20 Å². The minimum atomic E-state index is -4.18. The van der Waals surface area contributed by atoms with Gasteiger partial charge >= 0.3 is 0 Å². The van der Waals surface area contributed by atoms with Crippen molar-refractivity contribution in [2.45, 2.75) is 11.8 Å². The first-order valence-corrected chi connectivity index (χ1v) is 11.6. The van der Waals surface area contributed by atoms with Crippen molar-refractivity contribution < 1.29 is 13.2 Å². The number of benzene rings is 2. The Kier molecular flexibility index (Phi) is 6.01. The van der Waals surface area contributed by atoms with E-state index >= 15 is 0 Å². The van der Waals surface area contributed by atoms with Gasteiger partial charge in [-0.25, -0.2) is 8.42 Å². The third kappa shape index (κ3) is 4.24. The Morgan fingerprint density at radius 1 is 1.09 bits per heavy atom. The number of rotatable bonds is 5. The van der Waals surface area contributed by atoms with E-state index in [9.17, 15) is 18.5 Å². The number of hydrogen-bond donors (Lipinski definition) is 0. The number of nitrogens with zero attached hydrogens (tertiary/aromatic N) is 3. The van der Waals surface area contributed by atoms with Gasteiger partial charge < -0.3 is 4.74 Å². The number of aryl methyl sites for hydroxylation is 1. The van der Waals surface area contributed by atoms with Crippen LogP contribution in [0.25, 0.3) is 11.7 Å². The normalized spacial score (nSPS) is 11.8. The molecule has 4 aromatic rings. The molecule has 0 radical (unpaired) electrons. The molecule has 2 aromatic carbocycles. The van der Waals surface area contributed by atoms with Gasteiger partial charge in [0.15, 0.2) is 0 Å². The molecule has 2 aromatic heterocycles. The minimum absolute atomic E-state index is 0.0731. The quantitative estimate of drug-likeness (QED) is 0.383. The number of pyridine rings is 1. The average molecular weight is 478 g/mol. The molecule has 0 saturated carbocycles. The van der Waals surface area contributed by atoms with E-state index in [1.165, 1.54) is 22.7 Å². The second-order valence-corrected chi connectivity index (χ2v) is 9.32. The highest BCUT2D eigenvalue weighted by molar-refractivity contribution is 7.95. The third-order valence-corrected chi connectivity index (χ3v) is 6.81. The van der Waals surface area contributed by atoms with E-state index in [2.05, 4.69) is 4.98 Å². The van der Waals surface area contributed by atoms with Gasteiger partial charge in [0.2, 0.25) is 15.7 Å². The number of sulfone groups is 1. The number of aromatic nitrogens is 2. The lowest BCUT2D eigenvalue weighted by Crippen LogP contribution is -2.20. The zero-order valence-corrected chi connectivity index (χ0v) is 18.8. The number of para-hydroxylation sites is 1. The summed E-state index contributed by atoms with van der Waals surface area (Å²) >= 11 is 6.20. The molecule has 0 fully saturated rings. The van der Waals surface area contributed by atoms with Gasteiger partial charge in [0, 0.05) is 6.20 Å². The summed E-state index contributed by atoms with van der Waals surface area (Å²) < 4.78 is 33.2. The van der Waals surface area contributed by atoms with Crippen LogP contribution in [-0.4, -0.2) is 17.8 Å². The highest BCUT2D eigenvalue weighted by Gasteiger charge is 2.24. The molecule has 0 aliphatic heterocycles. The van der Waals surface area contributed by atoms with Crippen LogP contribution in [0.3, 0.4) is 0 Å². The SMILES string of the molecule is Cc1cccn2c(=O)c(/C=C(\C#N)S(=O)(=O)c3ccccc3)c(Oc3ccccc3Cl)nc12. The van der Waals surface area contributed by atoms with Crippen molar-refractivity contribution in [2.24, 2.45) is 0 Å². The fourth-order valence-electron chi connectivity index (χ4n) is 3.15. The Morgan fingerprint density at radius 2 is 1.79 bits per heavy atom. The van der Waals surface area contributed by atoms with Crippen LogP contribution >= 0.6 is 11.6 Å². The van der Waals surface area contributed by atoms with Crippen LogP contribution in [0, 0.1) is 18.3 Å². The molecule has 0 N–H and O–H groups in total. The zero-order valence-electron chi connectivity index (χ0n) is 17.3. The summed E-state index contributed by atoms with van der Waals surface area (Å²) in [7, 11) is -4.18. The second-order valence-electron chi connectivity index (χ2n) is 6.99. The highest BCUT2D eigenvalue weighted by atomic mass is 35.5. The lowest BCUT2D eigenvalue weighted by molar-refractivity contribution is 0.461. The minimum Gasteiger partial charge on any atom is -0.437 e. The smallest absolute Gasteiger partial charge is 0.269 e. The molecule has 33 heavy (non-hydrogen) atoms. The number of halogens is 1. The Labute approximate surface area is 194 Å². The van der Waals surface area contributed by atoms with Crippen molar-refractivity contribution >= 4 is 33.2 Å². The number of nitriles is 1. The van der Waals surface area contributed by atoms with E-state index in [0.29, 0.717) is 11.2 Å². The summed E-state index contributed by atoms with van der Waals surface area (Å²) in [5.74, 6) is 0.0569. The maximum absolute atomic E-state index is 13.4. The van der Waals surface area contributed by atoms with Crippen LogP contribution in [0.15, 0.2) is 87.5 Å². The molecule has 0 spiro atoms. The first kappa shape index (κ1) is 22.3. The van der Waals surface area contributed by atoms with Crippen molar-refractivity contribution in [1.82, 2.24) is 9.38 Å². The summed E-state index contributed by atoms with van der Waals surface area (Å²) in [6.07, 6.45) is 2.49. The predicted octanol–water partition coefficient (Wildman–Crippen LogP) is 4.79. The number of allylic oxidation sites excluding steroid dienone is 1. The van der Waals surface area contributed by atoms with Gasteiger partial charge in [0.05, 0.1) is 9.92 Å². The molecule has 0 aliphatic rings. The number of fused-ring (bicyclic) bond motifs is 1. The van der Waals surface area contributed by atoms with Crippen LogP contribution in [0.4, 0.5) is 0 Å². The van der Waals surface area contributed by atoms with Crippen LogP contribution in [0.5, 0.6) is 11.6 Å². The molecule has 7 nitrogen and oxygen atoms in total. The van der Waals surface area contributed by atoms with Crippen LogP contribution < -0.4 is 10.3 Å². The van der Waals surface area contributed by atoms with Crippen molar-refractivity contribution in [3.8, 4) is 17.7 Å². The van der Waals surface area contributed by atoms with Gasteiger partial charge in [-0.1, -0.05) is 48.0 Å². The monoisotopic (exact) mass is 477 g/mol. The van der Waals surface area contributed by atoms with Crippen LogP contribution in [0.1, 0.15) is 11.1 Å². The molecule has 0 aliphatic carbocycles. The second kappa shape index (κ2) is 8.90. The molecule has 4 rings (SSSR count). The Hall–Kier alpha value is -3.93. The van der Waals surface area contributed by atoms with E-state index in [0.717, 1.165) is 6.08 Å². The van der Waals surface area contributed by atoms with Gasteiger partial charge in [0.1, 0.15) is 27.9 Å². The topological polar surface area (TPSA) is 102 Å². The summed E-state index contributed by atoms with van der Waals surface area (Å²) in [6.45, 7) is 1.77. The maximum atomic E-state index is 13.4. The highest BCUT2D eigenvalue weighted by Crippen LogP contribution is 2.31. The summed E-state index contributed by atoms with van der Waals surface area (Å²) in [5.41, 5.74) is 0.230. The van der Waals surface area contributed by atoms with E-state index in [1.807, 2.05) is 0 Å². The van der Waals surface area contributed by atoms with E-state index in [-0.39, 0.29) is 27.1 Å². The fraction of sp³-hybridized carbons (Fsp3) is 0.0417. The van der Waals surface area contributed by atoms with Crippen molar-refractivity contribution in [3.63, 3.8) is 0 Å². The molecular weight excluding hydrogens is 462 g/mol. The lowest BCUT2D eigenvalue weighted by Gasteiger charge is -2.12. The molecule has 0 saturated heterocycles. The Balaban J connectivity index is 1.99. The number of ether oxygens (including phenoxy) is 1. The van der Waals surface area contributed by atoms with Crippen molar-refractivity contribution in [1.29, 1.82) is 5.26 Å². The van der Waals surface area contributed by atoms with Gasteiger partial charge in [-0.05, 0) is 48.9 Å². The summed E-state index contributed by atoms with van der Waals surface area (Å²) in [5, 5.41) is 9.94. The van der Waals surface area contributed by atoms with Gasteiger partial charge in [-0.15, -0.1) is 0 Å². The summed E-state index contributed by atoms with van der Waals surface area (Å²) in [4.78, 5) is 17.1. The molecule has 0 unspecified atom stereocenters. The summed E-state index contributed by atoms with van der Waals surface area (Å²) in [6, 6.07) is 19.2. The van der Waals surface area contributed by atoms with E-state index in [4.69, 9.17) is 16.3 Å². The predicted molar refractivity (Wildman–Crippen MR) is 125 cm³/mol. The molecule has 9 heteroatoms. The van der Waals surface area contributed by atoms with Gasteiger partial charge in [-0.2, -0.15) is 10.2 Å². The number of hydrogen-bond acceptors (Lipinski definition) is 6. The van der Waals surface area contributed by atoms with Crippen molar-refractivity contribution in [3.05, 3.63) is 104 Å². The fourth-order valence-corrected chi connectivity index (χ4v) is 4.49. The van der Waals surface area contributed by atoms with Gasteiger partial charge in [0.25, 0.3) is 5.56 Å². The third-order valence-electron chi connectivity index (χ3n) is 4.82. The Morgan fingerprint density at radius 3 is 2.48 bits per heavy atom. The molecule has 0 amide bonds. The molecular formula is C24H16ClN3O4S. The largest absolute Gasteiger partial charge is 0.437 e. The van der Waals surface area contributed by atoms with Crippen LogP contribution in [0.2, 0.25) is 5.02 Å². The van der Waals surface area contributed by atoms with Crippen molar-refractivity contribution in [2.75, 3.05) is 0 Å². The zero-order chi connectivity index (χ0) is 23.6. The molecule has 0 atom stereocenters. The first-order chi connectivity index (χ1) is 15.8. The standard InChI is InChI=1S/C24H16ClN3O4S/c1-16-8-7-13-28-22(16)27-23(32-21-12-6-5-11-20(21)25)19(24(28)29)14-18(15-26)33(30,31)17-9-3-2-4-10-17/h2-14H,1H3/b18-14+. The van der Waals surface area contributed by atoms with E-state index in [1.54, 1.807) is 67.6 Å². The maximum Gasteiger partial charge on any atom is 0.269 e. The first-order valence-electron chi connectivity index (χ1n) is 9.69. The molecule has 164 valence electrons. The van der Waals surface area contributed by atoms with E-state index < -0.39 is 20.3 Å². The molecule has 0 bridgehead atoms. The molecule has 2 heterocycles. The Bertz CT molecular complexity index is 1600. The average Bonchev–Trinajstić information content (AvgIpc) is 2.81.